The van der Waals surface area contributed by atoms with Crippen LogP contribution in [0.1, 0.15) is 25.0 Å². The number of rotatable bonds is 3. The Balaban J connectivity index is 2.10. The maximum Gasteiger partial charge on any atom is 0.133 e. The van der Waals surface area contributed by atoms with E-state index in [4.69, 9.17) is 22.7 Å². The van der Waals surface area contributed by atoms with E-state index >= 15 is 0 Å². The van der Waals surface area contributed by atoms with E-state index in [0.717, 1.165) is 25.2 Å². The number of hydrogen-bond acceptors (Lipinski definition) is 3. The van der Waals surface area contributed by atoms with Gasteiger partial charge in [0.25, 0.3) is 0 Å². The minimum atomic E-state index is -0.361. The quantitative estimate of drug-likeness (QED) is 0.861. The van der Waals surface area contributed by atoms with Gasteiger partial charge in [0.2, 0.25) is 0 Å². The van der Waals surface area contributed by atoms with Gasteiger partial charge in [-0.25, -0.2) is 4.39 Å². The summed E-state index contributed by atoms with van der Waals surface area (Å²) in [5.41, 5.74) is 6.86. The molecule has 0 amide bonds. The average molecular weight is 282 g/mol. The fourth-order valence-corrected chi connectivity index (χ4v) is 2.69. The predicted molar refractivity (Wildman–Crippen MR) is 77.6 cm³/mol. The van der Waals surface area contributed by atoms with Crippen LogP contribution in [0.3, 0.4) is 0 Å². The number of nitrogens with zero attached hydrogens (tertiary/aromatic N) is 1. The van der Waals surface area contributed by atoms with Crippen LogP contribution in [0, 0.1) is 5.82 Å². The lowest BCUT2D eigenvalue weighted by Crippen LogP contribution is -2.44. The molecular weight excluding hydrogens is 263 g/mol. The molecule has 19 heavy (non-hydrogen) atoms. The van der Waals surface area contributed by atoms with Gasteiger partial charge in [0.1, 0.15) is 10.8 Å². The van der Waals surface area contributed by atoms with Crippen molar-refractivity contribution in [3.05, 3.63) is 35.1 Å². The van der Waals surface area contributed by atoms with Crippen molar-refractivity contribution in [2.75, 3.05) is 13.1 Å². The van der Waals surface area contributed by atoms with E-state index in [-0.39, 0.29) is 23.0 Å². The van der Waals surface area contributed by atoms with Crippen molar-refractivity contribution in [3.8, 4) is 0 Å². The molecule has 3 nitrogen and oxygen atoms in total. The molecule has 1 saturated heterocycles. The second-order valence-electron chi connectivity index (χ2n) is 5.13. The minimum Gasteiger partial charge on any atom is -0.389 e. The third kappa shape index (κ3) is 3.72. The van der Waals surface area contributed by atoms with Gasteiger partial charge < -0.3 is 10.5 Å². The molecule has 1 heterocycles. The lowest BCUT2D eigenvalue weighted by molar-refractivity contribution is -0.0704. The van der Waals surface area contributed by atoms with Crippen molar-refractivity contribution in [1.82, 2.24) is 4.90 Å². The van der Waals surface area contributed by atoms with E-state index < -0.39 is 0 Å². The van der Waals surface area contributed by atoms with Crippen LogP contribution in [-0.2, 0) is 11.3 Å². The maximum absolute atomic E-state index is 13.5. The van der Waals surface area contributed by atoms with Crippen molar-refractivity contribution < 1.29 is 9.13 Å². The number of morpholine rings is 1. The molecule has 0 saturated carbocycles. The summed E-state index contributed by atoms with van der Waals surface area (Å²) >= 11 is 4.86. The van der Waals surface area contributed by atoms with E-state index in [1.165, 1.54) is 6.07 Å². The predicted octanol–water partition coefficient (Wildman–Crippen LogP) is 2.07. The first kappa shape index (κ1) is 14.4. The van der Waals surface area contributed by atoms with E-state index in [1.807, 2.05) is 0 Å². The van der Waals surface area contributed by atoms with Gasteiger partial charge in [-0.1, -0.05) is 18.3 Å². The highest BCUT2D eigenvalue weighted by Gasteiger charge is 2.22. The van der Waals surface area contributed by atoms with Crippen molar-refractivity contribution in [2.45, 2.75) is 32.6 Å². The molecule has 2 atom stereocenters. The summed E-state index contributed by atoms with van der Waals surface area (Å²) in [4.78, 5) is 2.40. The molecule has 1 aromatic rings. The molecule has 104 valence electrons. The van der Waals surface area contributed by atoms with Gasteiger partial charge in [0.15, 0.2) is 0 Å². The molecule has 0 aromatic heterocycles. The van der Waals surface area contributed by atoms with Crippen LogP contribution in [0.5, 0.6) is 0 Å². The van der Waals surface area contributed by atoms with Crippen LogP contribution >= 0.6 is 12.2 Å². The Morgan fingerprint density at radius 3 is 2.63 bits per heavy atom. The normalized spacial score (nSPS) is 24.4. The summed E-state index contributed by atoms with van der Waals surface area (Å²) in [5.74, 6) is -0.361. The number of nitrogens with two attached hydrogens (primary N) is 1. The van der Waals surface area contributed by atoms with Crippen molar-refractivity contribution >= 4 is 17.2 Å². The largest absolute Gasteiger partial charge is 0.389 e. The number of halogens is 1. The van der Waals surface area contributed by atoms with Gasteiger partial charge in [0, 0.05) is 25.2 Å². The van der Waals surface area contributed by atoms with Crippen LogP contribution in [0.25, 0.3) is 0 Å². The van der Waals surface area contributed by atoms with E-state index in [2.05, 4.69) is 18.7 Å². The summed E-state index contributed by atoms with van der Waals surface area (Å²) in [5, 5.41) is 0. The first-order valence-corrected chi connectivity index (χ1v) is 6.82. The fraction of sp³-hybridized carbons (Fsp3) is 0.500. The molecule has 1 fully saturated rings. The van der Waals surface area contributed by atoms with E-state index in [0.29, 0.717) is 5.56 Å². The van der Waals surface area contributed by atoms with Gasteiger partial charge >= 0.3 is 0 Å². The van der Waals surface area contributed by atoms with Crippen LogP contribution in [0.2, 0.25) is 0 Å². The van der Waals surface area contributed by atoms with Crippen LogP contribution in [-0.4, -0.2) is 35.2 Å². The second kappa shape index (κ2) is 5.94. The minimum absolute atomic E-state index is 0.100. The molecule has 2 unspecified atom stereocenters. The highest BCUT2D eigenvalue weighted by molar-refractivity contribution is 7.80. The first-order chi connectivity index (χ1) is 8.95. The molecule has 0 radical (unpaired) electrons. The van der Waals surface area contributed by atoms with Crippen molar-refractivity contribution in [3.63, 3.8) is 0 Å². The molecule has 0 bridgehead atoms. The van der Waals surface area contributed by atoms with Crippen LogP contribution < -0.4 is 5.73 Å². The van der Waals surface area contributed by atoms with Gasteiger partial charge in [-0.05, 0) is 31.5 Å². The third-order valence-electron chi connectivity index (χ3n) is 3.20. The molecule has 2 N–H and O–H groups in total. The molecule has 5 heteroatoms. The van der Waals surface area contributed by atoms with Gasteiger partial charge in [0.05, 0.1) is 12.2 Å². The zero-order valence-corrected chi connectivity index (χ0v) is 12.0. The highest BCUT2D eigenvalue weighted by Crippen LogP contribution is 2.16. The smallest absolute Gasteiger partial charge is 0.133 e. The lowest BCUT2D eigenvalue weighted by Gasteiger charge is -2.35. The van der Waals surface area contributed by atoms with E-state index in [1.54, 1.807) is 12.1 Å². The Bertz CT molecular complexity index is 471. The average Bonchev–Trinajstić information content (AvgIpc) is 2.30. The molecule has 1 aromatic carbocycles. The number of hydrogen-bond donors (Lipinski definition) is 1. The third-order valence-corrected chi connectivity index (χ3v) is 3.42. The Hall–Kier alpha value is -1.04. The number of thiocarbonyl (C=S) groups is 1. The van der Waals surface area contributed by atoms with Crippen molar-refractivity contribution in [2.24, 2.45) is 5.73 Å². The first-order valence-electron chi connectivity index (χ1n) is 6.41. The van der Waals surface area contributed by atoms with Crippen molar-refractivity contribution in [1.29, 1.82) is 0 Å². The fourth-order valence-electron chi connectivity index (χ4n) is 2.53. The standard InChI is InChI=1S/C14H19FN2OS/c1-9-6-17(7-10(2)18-9)8-11-3-4-13(15)12(5-11)14(16)19/h3-5,9-10H,6-8H2,1-2H3,(H2,16,19). The lowest BCUT2D eigenvalue weighted by atomic mass is 10.1. The topological polar surface area (TPSA) is 38.5 Å². The SMILES string of the molecule is CC1CN(Cc2ccc(F)c(C(N)=S)c2)CC(C)O1. The highest BCUT2D eigenvalue weighted by atomic mass is 32.1. The Morgan fingerprint density at radius 2 is 2.05 bits per heavy atom. The van der Waals surface area contributed by atoms with E-state index in [9.17, 15) is 4.39 Å². The second-order valence-corrected chi connectivity index (χ2v) is 5.57. The van der Waals surface area contributed by atoms with Gasteiger partial charge in [-0.15, -0.1) is 0 Å². The Kier molecular flexibility index (Phi) is 4.50. The molecular formula is C14H19FN2OS. The van der Waals surface area contributed by atoms with Crippen LogP contribution in [0.4, 0.5) is 4.39 Å². The zero-order chi connectivity index (χ0) is 14.0. The monoisotopic (exact) mass is 282 g/mol. The summed E-state index contributed by atoms with van der Waals surface area (Å²) in [7, 11) is 0. The summed E-state index contributed by atoms with van der Waals surface area (Å²) in [6.07, 6.45) is 0.443. The van der Waals surface area contributed by atoms with Gasteiger partial charge in [-0.3, -0.25) is 4.90 Å². The molecule has 1 aliphatic heterocycles. The molecule has 0 aliphatic carbocycles. The number of ether oxygens (including phenoxy) is 1. The Labute approximate surface area is 118 Å². The van der Waals surface area contributed by atoms with Crippen LogP contribution in [0.15, 0.2) is 18.2 Å². The zero-order valence-electron chi connectivity index (χ0n) is 11.2. The summed E-state index contributed by atoms with van der Waals surface area (Å²) < 4.78 is 19.2. The number of benzene rings is 1. The maximum atomic E-state index is 13.5. The molecule has 0 spiro atoms. The summed E-state index contributed by atoms with van der Waals surface area (Å²) in [6, 6.07) is 4.95. The summed E-state index contributed by atoms with van der Waals surface area (Å²) in [6.45, 7) is 6.64. The Morgan fingerprint density at radius 1 is 1.42 bits per heavy atom. The molecule has 2 rings (SSSR count). The van der Waals surface area contributed by atoms with Gasteiger partial charge in [-0.2, -0.15) is 0 Å². The molecule has 1 aliphatic rings.